The van der Waals surface area contributed by atoms with Gasteiger partial charge in [-0.25, -0.2) is 0 Å². The first kappa shape index (κ1) is 12.7. The van der Waals surface area contributed by atoms with Gasteiger partial charge in [0.05, 0.1) is 0 Å². The molecule has 0 aromatic heterocycles. The molecule has 0 saturated heterocycles. The Morgan fingerprint density at radius 1 is 1.33 bits per heavy atom. The third-order valence-electron chi connectivity index (χ3n) is 0.744. The predicted octanol–water partition coefficient (Wildman–Crippen LogP) is 1.41. The van der Waals surface area contributed by atoms with Crippen molar-refractivity contribution in [3.05, 3.63) is 6.92 Å². The van der Waals surface area contributed by atoms with E-state index >= 15 is 0 Å². The van der Waals surface area contributed by atoms with Crippen molar-refractivity contribution in [2.24, 2.45) is 5.41 Å². The summed E-state index contributed by atoms with van der Waals surface area (Å²) in [7, 11) is 4.12. The zero-order valence-electron chi connectivity index (χ0n) is 6.94. The van der Waals surface area contributed by atoms with Crippen molar-refractivity contribution >= 4 is 0 Å². The average Bonchev–Trinajstić information content (AvgIpc) is 1.21. The number of nitrogens with zero attached hydrogens (tertiary/aromatic N) is 1. The fraction of sp³-hybridized carbons (Fsp3) is 0.857. The molecule has 0 aliphatic rings. The third kappa shape index (κ3) is 12.3. The molecule has 0 amide bonds. The van der Waals surface area contributed by atoms with Crippen molar-refractivity contribution < 1.29 is 32.7 Å². The Bertz CT molecular complexity index is 63.8. The molecule has 0 aromatic carbocycles. The van der Waals surface area contributed by atoms with E-state index in [9.17, 15) is 0 Å². The van der Waals surface area contributed by atoms with Crippen molar-refractivity contribution in [3.63, 3.8) is 0 Å². The third-order valence-corrected chi connectivity index (χ3v) is 0.744. The summed E-state index contributed by atoms with van der Waals surface area (Å²) >= 11 is 0. The van der Waals surface area contributed by atoms with Crippen LogP contribution in [0.1, 0.15) is 13.8 Å². The molecule has 9 heavy (non-hydrogen) atoms. The number of hydrogen-bond donors (Lipinski definition) is 0. The maximum atomic E-state index is 3.97. The zero-order valence-corrected chi connectivity index (χ0v) is 9.78. The minimum atomic E-state index is 0. The van der Waals surface area contributed by atoms with E-state index < -0.39 is 0 Å². The number of hydrogen-bond acceptors (Lipinski definition) is 1. The monoisotopic (exact) mass is 203 g/mol. The molecule has 0 atom stereocenters. The molecule has 0 unspecified atom stereocenters. The van der Waals surface area contributed by atoms with Gasteiger partial charge in [0, 0.05) is 0 Å². The van der Waals surface area contributed by atoms with Gasteiger partial charge in [-0.1, -0.05) is 13.8 Å². The van der Waals surface area contributed by atoms with Crippen LogP contribution in [0.4, 0.5) is 0 Å². The van der Waals surface area contributed by atoms with E-state index in [1.807, 2.05) is 0 Å². The van der Waals surface area contributed by atoms with Gasteiger partial charge in [-0.15, -0.1) is 0 Å². The van der Waals surface area contributed by atoms with Gasteiger partial charge >= 0.3 is 32.7 Å². The van der Waals surface area contributed by atoms with Gasteiger partial charge in [0.15, 0.2) is 0 Å². The van der Waals surface area contributed by atoms with E-state index in [0.29, 0.717) is 0 Å². The van der Waals surface area contributed by atoms with Crippen LogP contribution in [-0.2, 0) is 32.7 Å². The molecule has 0 spiro atoms. The van der Waals surface area contributed by atoms with Crippen LogP contribution in [-0.4, -0.2) is 25.5 Å². The first-order valence-electron chi connectivity index (χ1n) is 2.92. The van der Waals surface area contributed by atoms with Crippen LogP contribution in [0.25, 0.3) is 0 Å². The van der Waals surface area contributed by atoms with Crippen molar-refractivity contribution in [2.75, 3.05) is 20.6 Å². The molecular formula is C7H16NY+2. The van der Waals surface area contributed by atoms with Crippen LogP contribution in [0.2, 0.25) is 0 Å². The summed E-state index contributed by atoms with van der Waals surface area (Å²) in [6.07, 6.45) is 0. The molecule has 50 valence electrons. The molecule has 1 nitrogen and oxygen atoms in total. The topological polar surface area (TPSA) is 3.24 Å². The zero-order chi connectivity index (χ0) is 6.78. The average molecular weight is 203 g/mol. The second-order valence-corrected chi connectivity index (χ2v) is 3.40. The molecule has 0 aromatic rings. The van der Waals surface area contributed by atoms with Crippen LogP contribution in [0.5, 0.6) is 0 Å². The summed E-state index contributed by atoms with van der Waals surface area (Å²) in [6.45, 7) is 9.28. The van der Waals surface area contributed by atoms with E-state index in [-0.39, 0.29) is 38.1 Å². The smallest absolute Gasteiger partial charge is 0.337 e. The first-order chi connectivity index (χ1) is 3.42. The second-order valence-electron chi connectivity index (χ2n) is 3.40. The molecular weight excluding hydrogens is 187 g/mol. The second kappa shape index (κ2) is 4.81. The Morgan fingerprint density at radius 3 is 1.67 bits per heavy atom. The first-order valence-corrected chi connectivity index (χ1v) is 2.92. The fourth-order valence-electron chi connectivity index (χ4n) is 0.856. The Labute approximate surface area is 84.1 Å². The molecule has 0 radical (unpaired) electrons. The molecule has 0 bridgehead atoms. The Kier molecular flexibility index (Phi) is 6.80. The molecule has 0 heterocycles. The molecule has 0 N–H and O–H groups in total. The standard InChI is InChI=1S/C7H16N.Y/c1-7(2,3)6-8(4)5;/h1,6H2,2-5H3;/q-1;+3. The Balaban J connectivity index is 0. The quantitative estimate of drug-likeness (QED) is 0.613. The molecule has 2 heteroatoms. The molecule has 0 aliphatic heterocycles. The van der Waals surface area contributed by atoms with Crippen LogP contribution in [0.15, 0.2) is 0 Å². The molecule has 0 fully saturated rings. The van der Waals surface area contributed by atoms with Gasteiger partial charge in [0.2, 0.25) is 0 Å². The van der Waals surface area contributed by atoms with Gasteiger partial charge in [-0.05, 0) is 20.6 Å². The van der Waals surface area contributed by atoms with Gasteiger partial charge in [0.25, 0.3) is 0 Å². The van der Waals surface area contributed by atoms with E-state index in [0.717, 1.165) is 6.54 Å². The Morgan fingerprint density at radius 2 is 1.67 bits per heavy atom. The Hall–Kier alpha value is 1.06. The summed E-state index contributed by atoms with van der Waals surface area (Å²) in [5.41, 5.74) is 0.198. The van der Waals surface area contributed by atoms with Crippen LogP contribution in [0.3, 0.4) is 0 Å². The largest absolute Gasteiger partial charge is 3.00 e. The van der Waals surface area contributed by atoms with Crippen molar-refractivity contribution in [2.45, 2.75) is 13.8 Å². The molecule has 0 saturated carbocycles. The van der Waals surface area contributed by atoms with Crippen molar-refractivity contribution in [1.29, 1.82) is 0 Å². The van der Waals surface area contributed by atoms with Gasteiger partial charge in [-0.2, -0.15) is 5.41 Å². The predicted molar refractivity (Wildman–Crippen MR) is 37.7 cm³/mol. The van der Waals surface area contributed by atoms with Crippen molar-refractivity contribution in [3.8, 4) is 0 Å². The fourth-order valence-corrected chi connectivity index (χ4v) is 0.856. The summed E-state index contributed by atoms with van der Waals surface area (Å²) in [4.78, 5) is 2.15. The summed E-state index contributed by atoms with van der Waals surface area (Å²) in [6, 6.07) is 0. The summed E-state index contributed by atoms with van der Waals surface area (Å²) < 4.78 is 0. The minimum Gasteiger partial charge on any atom is -0.337 e. The molecule has 0 rings (SSSR count). The minimum absolute atomic E-state index is 0. The van der Waals surface area contributed by atoms with Gasteiger partial charge < -0.3 is 11.8 Å². The maximum Gasteiger partial charge on any atom is 3.00 e. The number of rotatable bonds is 2. The van der Waals surface area contributed by atoms with Crippen LogP contribution >= 0.6 is 0 Å². The van der Waals surface area contributed by atoms with Crippen LogP contribution in [0, 0.1) is 12.3 Å². The van der Waals surface area contributed by atoms with Crippen LogP contribution < -0.4 is 0 Å². The van der Waals surface area contributed by atoms with E-state index in [1.165, 1.54) is 0 Å². The van der Waals surface area contributed by atoms with Crippen molar-refractivity contribution in [1.82, 2.24) is 4.90 Å². The summed E-state index contributed by atoms with van der Waals surface area (Å²) in [5.74, 6) is 0. The summed E-state index contributed by atoms with van der Waals surface area (Å²) in [5, 5.41) is 0. The normalized spacial score (nSPS) is 11.3. The van der Waals surface area contributed by atoms with E-state index in [1.54, 1.807) is 0 Å². The SMILES string of the molecule is [CH2-]C(C)(C)CN(C)C.[Y+3]. The van der Waals surface area contributed by atoms with E-state index in [4.69, 9.17) is 0 Å². The molecule has 0 aliphatic carbocycles. The van der Waals surface area contributed by atoms with Gasteiger partial charge in [0.1, 0.15) is 0 Å². The maximum absolute atomic E-state index is 3.97. The van der Waals surface area contributed by atoms with Gasteiger partial charge in [-0.3, -0.25) is 0 Å². The van der Waals surface area contributed by atoms with E-state index in [2.05, 4.69) is 39.8 Å².